The van der Waals surface area contributed by atoms with Gasteiger partial charge in [0.05, 0.1) is 7.05 Å². The monoisotopic (exact) mass is 265 g/mol. The Bertz CT molecular complexity index is 570. The highest BCUT2D eigenvalue weighted by atomic mass is 35.5. The molecule has 0 saturated carbocycles. The van der Waals surface area contributed by atoms with E-state index in [9.17, 15) is 10.1 Å². The van der Waals surface area contributed by atoms with Crippen LogP contribution in [0.15, 0.2) is 35.0 Å². The van der Waals surface area contributed by atoms with Crippen molar-refractivity contribution in [2.75, 3.05) is 0 Å². The highest BCUT2D eigenvalue weighted by Crippen LogP contribution is 2.21. The van der Waals surface area contributed by atoms with Crippen LogP contribution in [0, 0.1) is 10.1 Å². The molecule has 1 heterocycles. The molecule has 0 amide bonds. The summed E-state index contributed by atoms with van der Waals surface area (Å²) in [6, 6.07) is 0. The number of nitrogens with zero attached hydrogens (tertiary/aromatic N) is 3. The number of halogens is 1. The normalized spacial score (nSPS) is 15.7. The van der Waals surface area contributed by atoms with Crippen LogP contribution in [0.25, 0.3) is 6.08 Å². The molecule has 0 N–H and O–H groups in total. The molecule has 0 fully saturated rings. The summed E-state index contributed by atoms with van der Waals surface area (Å²) in [4.78, 5) is 14.2. The Morgan fingerprint density at radius 2 is 2.33 bits per heavy atom. The summed E-state index contributed by atoms with van der Waals surface area (Å²) in [5.74, 6) is 0.526. The minimum Gasteiger partial charge on any atom is -0.358 e. The predicted octanol–water partition coefficient (Wildman–Crippen LogP) is 3.18. The summed E-state index contributed by atoms with van der Waals surface area (Å²) in [7, 11) is 1.62. The molecule has 0 atom stereocenters. The lowest BCUT2D eigenvalue weighted by Crippen LogP contribution is -1.98. The molecule has 0 unspecified atom stereocenters. The van der Waals surface area contributed by atoms with Crippen LogP contribution in [-0.4, -0.2) is 14.5 Å². The average molecular weight is 266 g/mol. The van der Waals surface area contributed by atoms with Crippen molar-refractivity contribution in [1.82, 2.24) is 9.55 Å². The molecule has 0 radical (unpaired) electrons. The third-order valence-corrected chi connectivity index (χ3v) is 2.99. The molecule has 0 spiro atoms. The molecule has 2 rings (SSSR count). The van der Waals surface area contributed by atoms with Gasteiger partial charge in [0, 0.05) is 11.1 Å². The second kappa shape index (κ2) is 5.18. The second-order valence-electron chi connectivity index (χ2n) is 3.97. The van der Waals surface area contributed by atoms with Crippen LogP contribution in [0.4, 0.5) is 5.82 Å². The molecule has 0 bridgehead atoms. The zero-order valence-electron chi connectivity index (χ0n) is 9.84. The van der Waals surface area contributed by atoms with Crippen LogP contribution >= 0.6 is 11.6 Å². The van der Waals surface area contributed by atoms with Crippen molar-refractivity contribution < 1.29 is 4.92 Å². The van der Waals surface area contributed by atoms with Gasteiger partial charge in [-0.25, -0.2) is 9.55 Å². The maximum Gasteiger partial charge on any atom is 0.342 e. The lowest BCUT2D eigenvalue weighted by atomic mass is 10.0. The summed E-state index contributed by atoms with van der Waals surface area (Å²) in [5, 5.41) is 11.4. The van der Waals surface area contributed by atoms with Crippen molar-refractivity contribution in [1.29, 1.82) is 0 Å². The second-order valence-corrected chi connectivity index (χ2v) is 4.41. The van der Waals surface area contributed by atoms with Gasteiger partial charge in [-0.15, -0.1) is 0 Å². The number of aromatic nitrogens is 2. The highest BCUT2D eigenvalue weighted by molar-refractivity contribution is 6.31. The summed E-state index contributed by atoms with van der Waals surface area (Å²) < 4.78 is 1.44. The Balaban J connectivity index is 2.19. The lowest BCUT2D eigenvalue weighted by Gasteiger charge is -2.05. The largest absolute Gasteiger partial charge is 0.358 e. The first-order chi connectivity index (χ1) is 8.58. The van der Waals surface area contributed by atoms with Crippen molar-refractivity contribution in [3.05, 3.63) is 51.0 Å². The maximum atomic E-state index is 10.7. The Hall–Kier alpha value is -1.88. The van der Waals surface area contributed by atoms with E-state index in [4.69, 9.17) is 11.6 Å². The van der Waals surface area contributed by atoms with E-state index < -0.39 is 4.92 Å². The fraction of sp³-hybridized carbons (Fsp3) is 0.250. The Kier molecular flexibility index (Phi) is 3.62. The van der Waals surface area contributed by atoms with Crippen LogP contribution in [-0.2, 0) is 7.05 Å². The molecule has 0 aliphatic heterocycles. The van der Waals surface area contributed by atoms with E-state index in [0.29, 0.717) is 5.82 Å². The molecule has 0 saturated heterocycles. The van der Waals surface area contributed by atoms with Gasteiger partial charge in [-0.2, -0.15) is 0 Å². The van der Waals surface area contributed by atoms with Crippen LogP contribution < -0.4 is 0 Å². The quantitative estimate of drug-likeness (QED) is 0.623. The van der Waals surface area contributed by atoms with Gasteiger partial charge in [-0.1, -0.05) is 23.8 Å². The van der Waals surface area contributed by atoms with E-state index in [1.807, 2.05) is 18.2 Å². The van der Waals surface area contributed by atoms with Crippen molar-refractivity contribution in [2.24, 2.45) is 7.05 Å². The van der Waals surface area contributed by atoms with E-state index in [1.165, 1.54) is 10.8 Å². The molecule has 1 aromatic heterocycles. The molecule has 1 aromatic rings. The molecule has 94 valence electrons. The van der Waals surface area contributed by atoms with Crippen LogP contribution in [0.3, 0.4) is 0 Å². The van der Waals surface area contributed by atoms with Crippen LogP contribution in [0.1, 0.15) is 18.7 Å². The predicted molar refractivity (Wildman–Crippen MR) is 70.1 cm³/mol. The fourth-order valence-corrected chi connectivity index (χ4v) is 1.99. The zero-order chi connectivity index (χ0) is 13.1. The van der Waals surface area contributed by atoms with Gasteiger partial charge in [0.2, 0.25) is 5.82 Å². The summed E-state index contributed by atoms with van der Waals surface area (Å²) in [6.07, 6.45) is 10.6. The number of nitro groups is 1. The molecular weight excluding hydrogens is 254 g/mol. The van der Waals surface area contributed by atoms with Gasteiger partial charge in [-0.05, 0) is 29.4 Å². The minimum absolute atomic E-state index is 0.0230. The van der Waals surface area contributed by atoms with Gasteiger partial charge in [0.25, 0.3) is 0 Å². The number of allylic oxidation sites excluding steroid dienone is 5. The van der Waals surface area contributed by atoms with Crippen molar-refractivity contribution in [3.8, 4) is 0 Å². The molecule has 5 nitrogen and oxygen atoms in total. The number of rotatable bonds is 3. The third-order valence-electron chi connectivity index (χ3n) is 2.73. The van der Waals surface area contributed by atoms with Crippen LogP contribution in [0.2, 0.25) is 0 Å². The first kappa shape index (κ1) is 12.6. The van der Waals surface area contributed by atoms with Gasteiger partial charge in [0.1, 0.15) is 6.20 Å². The third kappa shape index (κ3) is 2.68. The summed E-state index contributed by atoms with van der Waals surface area (Å²) in [6.45, 7) is 0. The first-order valence-electron chi connectivity index (χ1n) is 5.48. The SMILES string of the molecule is Cn1c([N+](=O)[O-])cnc1/C=C/C1=CC(Cl)=CCC1. The fourth-order valence-electron chi connectivity index (χ4n) is 1.74. The number of hydrogen-bond donors (Lipinski definition) is 0. The van der Waals surface area contributed by atoms with Gasteiger partial charge in [-0.3, -0.25) is 0 Å². The van der Waals surface area contributed by atoms with E-state index in [1.54, 1.807) is 13.1 Å². The maximum absolute atomic E-state index is 10.7. The molecule has 6 heteroatoms. The summed E-state index contributed by atoms with van der Waals surface area (Å²) >= 11 is 5.91. The van der Waals surface area contributed by atoms with E-state index in [2.05, 4.69) is 4.98 Å². The molecule has 18 heavy (non-hydrogen) atoms. The molecular formula is C12H12ClN3O2. The number of imidazole rings is 1. The Morgan fingerprint density at radius 1 is 1.56 bits per heavy atom. The van der Waals surface area contributed by atoms with E-state index in [0.717, 1.165) is 23.4 Å². The van der Waals surface area contributed by atoms with Gasteiger partial charge in [0.15, 0.2) is 0 Å². The first-order valence-corrected chi connectivity index (χ1v) is 5.86. The smallest absolute Gasteiger partial charge is 0.342 e. The zero-order valence-corrected chi connectivity index (χ0v) is 10.6. The molecule has 0 aromatic carbocycles. The van der Waals surface area contributed by atoms with Gasteiger partial charge >= 0.3 is 5.82 Å². The molecule has 1 aliphatic rings. The van der Waals surface area contributed by atoms with Crippen LogP contribution in [0.5, 0.6) is 0 Å². The highest BCUT2D eigenvalue weighted by Gasteiger charge is 2.14. The Labute approximate surface area is 109 Å². The van der Waals surface area contributed by atoms with Crippen molar-refractivity contribution >= 4 is 23.5 Å². The topological polar surface area (TPSA) is 61.0 Å². The lowest BCUT2D eigenvalue weighted by molar-refractivity contribution is -0.391. The summed E-state index contributed by atoms with van der Waals surface area (Å²) in [5.41, 5.74) is 1.09. The average Bonchev–Trinajstić information content (AvgIpc) is 2.68. The Morgan fingerprint density at radius 3 is 2.94 bits per heavy atom. The van der Waals surface area contributed by atoms with Gasteiger partial charge < -0.3 is 10.1 Å². The van der Waals surface area contributed by atoms with E-state index >= 15 is 0 Å². The molecule has 1 aliphatic carbocycles. The van der Waals surface area contributed by atoms with Crippen molar-refractivity contribution in [2.45, 2.75) is 12.8 Å². The van der Waals surface area contributed by atoms with Crippen molar-refractivity contribution in [3.63, 3.8) is 0 Å². The minimum atomic E-state index is -0.455. The van der Waals surface area contributed by atoms with E-state index in [-0.39, 0.29) is 5.82 Å². The number of hydrogen-bond acceptors (Lipinski definition) is 3. The standard InChI is InChI=1S/C12H12ClN3O2/c1-15-11(14-8-12(15)16(17)18)6-5-9-3-2-4-10(13)7-9/h4-8H,2-3H2,1H3/b6-5+.